The Hall–Kier alpha value is -0.740. The van der Waals surface area contributed by atoms with Gasteiger partial charge in [-0.25, -0.2) is 9.97 Å². The molecule has 0 saturated carbocycles. The van der Waals surface area contributed by atoms with Gasteiger partial charge in [0.1, 0.15) is 0 Å². The van der Waals surface area contributed by atoms with Gasteiger partial charge in [0.15, 0.2) is 0 Å². The number of aryl methyl sites for hydroxylation is 3. The van der Waals surface area contributed by atoms with E-state index >= 15 is 0 Å². The fraction of sp³-hybridized carbons (Fsp3) is 0.538. The van der Waals surface area contributed by atoms with Gasteiger partial charge in [0.05, 0.1) is 10.0 Å². The summed E-state index contributed by atoms with van der Waals surface area (Å²) in [6.07, 6.45) is 1.07. The molecule has 2 aromatic rings. The van der Waals surface area contributed by atoms with E-state index in [9.17, 15) is 0 Å². The SMILES string of the molecule is CCc1nc(C)cs1.Cc1csc(C(C)C)n1. The van der Waals surface area contributed by atoms with Gasteiger partial charge in [0, 0.05) is 28.1 Å². The van der Waals surface area contributed by atoms with Crippen LogP contribution in [0.25, 0.3) is 0 Å². The minimum absolute atomic E-state index is 0.587. The van der Waals surface area contributed by atoms with Crippen molar-refractivity contribution < 1.29 is 0 Å². The molecule has 0 amide bonds. The maximum Gasteiger partial charge on any atom is 0.0953 e. The maximum atomic E-state index is 4.33. The third kappa shape index (κ3) is 4.96. The van der Waals surface area contributed by atoms with Crippen molar-refractivity contribution in [2.75, 3.05) is 0 Å². The van der Waals surface area contributed by atoms with Gasteiger partial charge in [-0.05, 0) is 20.3 Å². The maximum absolute atomic E-state index is 4.33. The summed E-state index contributed by atoms with van der Waals surface area (Å²) in [4.78, 5) is 8.58. The Morgan fingerprint density at radius 2 is 1.65 bits per heavy atom. The van der Waals surface area contributed by atoms with Crippen molar-refractivity contribution in [1.82, 2.24) is 9.97 Å². The zero-order valence-corrected chi connectivity index (χ0v) is 12.8. The lowest BCUT2D eigenvalue weighted by Gasteiger charge is -1.94. The summed E-state index contributed by atoms with van der Waals surface area (Å²) < 4.78 is 0. The van der Waals surface area contributed by atoms with Gasteiger partial charge in [-0.3, -0.25) is 0 Å². The molecule has 0 spiro atoms. The Labute approximate surface area is 112 Å². The first kappa shape index (κ1) is 14.3. The summed E-state index contributed by atoms with van der Waals surface area (Å²) in [6.45, 7) is 10.5. The Bertz CT molecular complexity index is 444. The van der Waals surface area contributed by atoms with Gasteiger partial charge < -0.3 is 0 Å². The minimum atomic E-state index is 0.587. The van der Waals surface area contributed by atoms with Crippen LogP contribution >= 0.6 is 22.7 Å². The van der Waals surface area contributed by atoms with Crippen LogP contribution in [0.2, 0.25) is 0 Å². The van der Waals surface area contributed by atoms with Crippen molar-refractivity contribution >= 4 is 22.7 Å². The second kappa shape index (κ2) is 6.87. The largest absolute Gasteiger partial charge is 0.247 e. The molecule has 0 aromatic carbocycles. The number of aromatic nitrogens is 2. The molecule has 2 nitrogen and oxygen atoms in total. The highest BCUT2D eigenvalue weighted by atomic mass is 32.1. The van der Waals surface area contributed by atoms with Crippen LogP contribution in [0.3, 0.4) is 0 Å². The number of hydrogen-bond donors (Lipinski definition) is 0. The average Bonchev–Trinajstić information content (AvgIpc) is 2.88. The molecule has 0 aliphatic carbocycles. The van der Waals surface area contributed by atoms with Crippen LogP contribution in [0.4, 0.5) is 0 Å². The molecule has 94 valence electrons. The lowest BCUT2D eigenvalue weighted by Crippen LogP contribution is -1.83. The van der Waals surface area contributed by atoms with E-state index < -0.39 is 0 Å². The molecule has 0 aliphatic rings. The van der Waals surface area contributed by atoms with E-state index in [1.54, 1.807) is 22.7 Å². The first-order valence-electron chi connectivity index (χ1n) is 5.86. The van der Waals surface area contributed by atoms with Crippen LogP contribution in [0.15, 0.2) is 10.8 Å². The Kier molecular flexibility index (Phi) is 5.78. The van der Waals surface area contributed by atoms with Crippen LogP contribution in [0, 0.1) is 13.8 Å². The van der Waals surface area contributed by atoms with E-state index in [4.69, 9.17) is 0 Å². The Morgan fingerprint density at radius 1 is 1.06 bits per heavy atom. The molecule has 0 bridgehead atoms. The second-order valence-corrected chi connectivity index (χ2v) is 6.05. The van der Waals surface area contributed by atoms with Crippen LogP contribution in [0.1, 0.15) is 48.1 Å². The van der Waals surface area contributed by atoms with Gasteiger partial charge >= 0.3 is 0 Å². The van der Waals surface area contributed by atoms with E-state index in [1.807, 2.05) is 13.8 Å². The number of rotatable bonds is 2. The molecule has 4 heteroatoms. The molecule has 2 aromatic heterocycles. The number of thiazole rings is 2. The van der Waals surface area contributed by atoms with E-state index in [-0.39, 0.29) is 0 Å². The zero-order chi connectivity index (χ0) is 12.8. The summed E-state index contributed by atoms with van der Waals surface area (Å²) in [6, 6.07) is 0. The third-order valence-electron chi connectivity index (χ3n) is 2.10. The van der Waals surface area contributed by atoms with Gasteiger partial charge in [-0.15, -0.1) is 22.7 Å². The van der Waals surface area contributed by atoms with Crippen LogP contribution < -0.4 is 0 Å². The van der Waals surface area contributed by atoms with Gasteiger partial charge in [0.25, 0.3) is 0 Å². The van der Waals surface area contributed by atoms with Crippen LogP contribution in [-0.4, -0.2) is 9.97 Å². The summed E-state index contributed by atoms with van der Waals surface area (Å²) in [5.74, 6) is 0.587. The number of nitrogens with zero attached hydrogens (tertiary/aromatic N) is 2. The predicted octanol–water partition coefficient (Wildman–Crippen LogP) is 4.59. The Morgan fingerprint density at radius 3 is 1.88 bits per heavy atom. The first-order chi connectivity index (χ1) is 8.02. The van der Waals surface area contributed by atoms with Gasteiger partial charge in [-0.2, -0.15) is 0 Å². The van der Waals surface area contributed by atoms with Crippen molar-refractivity contribution in [2.45, 2.75) is 47.0 Å². The molecule has 0 fully saturated rings. The molecule has 0 radical (unpaired) electrons. The van der Waals surface area contributed by atoms with E-state index in [0.29, 0.717) is 5.92 Å². The van der Waals surface area contributed by atoms with Crippen LogP contribution in [-0.2, 0) is 6.42 Å². The summed E-state index contributed by atoms with van der Waals surface area (Å²) >= 11 is 3.48. The summed E-state index contributed by atoms with van der Waals surface area (Å²) in [5.41, 5.74) is 2.29. The summed E-state index contributed by atoms with van der Waals surface area (Å²) in [5, 5.41) is 6.66. The van der Waals surface area contributed by atoms with Crippen LogP contribution in [0.5, 0.6) is 0 Å². The molecule has 0 N–H and O–H groups in total. The highest BCUT2D eigenvalue weighted by Gasteiger charge is 2.01. The second-order valence-electron chi connectivity index (χ2n) is 4.22. The molecule has 17 heavy (non-hydrogen) atoms. The fourth-order valence-corrected chi connectivity index (χ4v) is 2.74. The smallest absolute Gasteiger partial charge is 0.0953 e. The Balaban J connectivity index is 0.000000171. The lowest BCUT2D eigenvalue weighted by molar-refractivity contribution is 0.847. The van der Waals surface area contributed by atoms with Crippen molar-refractivity contribution in [3.05, 3.63) is 32.2 Å². The predicted molar refractivity (Wildman–Crippen MR) is 77.2 cm³/mol. The van der Waals surface area contributed by atoms with Crippen molar-refractivity contribution in [3.63, 3.8) is 0 Å². The number of hydrogen-bond acceptors (Lipinski definition) is 4. The standard InChI is InChI=1S/C7H11NS.C6H9NS/c1-5(2)7-8-6(3)4-9-7;1-3-6-7-5(2)4-8-6/h4-5H,1-3H3;4H,3H2,1-2H3. The summed E-state index contributed by atoms with van der Waals surface area (Å²) in [7, 11) is 0. The quantitative estimate of drug-likeness (QED) is 0.796. The molecular weight excluding hydrogens is 248 g/mol. The molecule has 2 heterocycles. The molecule has 0 saturated heterocycles. The average molecular weight is 268 g/mol. The molecule has 0 atom stereocenters. The van der Waals surface area contributed by atoms with E-state index in [1.165, 1.54) is 10.0 Å². The van der Waals surface area contributed by atoms with Gasteiger partial charge in [-0.1, -0.05) is 20.8 Å². The molecule has 2 rings (SSSR count). The third-order valence-corrected chi connectivity index (χ3v) is 4.47. The van der Waals surface area contributed by atoms with E-state index in [2.05, 4.69) is 41.5 Å². The lowest BCUT2D eigenvalue weighted by atomic mass is 10.2. The van der Waals surface area contributed by atoms with Crippen molar-refractivity contribution in [2.24, 2.45) is 0 Å². The molecule has 0 aliphatic heterocycles. The normalized spacial score (nSPS) is 10.2. The molecule has 0 unspecified atom stereocenters. The van der Waals surface area contributed by atoms with Crippen molar-refractivity contribution in [3.8, 4) is 0 Å². The topological polar surface area (TPSA) is 25.8 Å². The molecular formula is C13H20N2S2. The monoisotopic (exact) mass is 268 g/mol. The highest BCUT2D eigenvalue weighted by Crippen LogP contribution is 2.18. The zero-order valence-electron chi connectivity index (χ0n) is 11.2. The minimum Gasteiger partial charge on any atom is -0.247 e. The van der Waals surface area contributed by atoms with E-state index in [0.717, 1.165) is 17.8 Å². The van der Waals surface area contributed by atoms with Crippen molar-refractivity contribution in [1.29, 1.82) is 0 Å². The first-order valence-corrected chi connectivity index (χ1v) is 7.61. The fourth-order valence-electron chi connectivity index (χ4n) is 1.20. The van der Waals surface area contributed by atoms with Gasteiger partial charge in [0.2, 0.25) is 0 Å². The highest BCUT2D eigenvalue weighted by molar-refractivity contribution is 7.10.